The Kier molecular flexibility index (Phi) is 4.84. The van der Waals surface area contributed by atoms with Crippen molar-refractivity contribution in [3.05, 3.63) is 126 Å². The van der Waals surface area contributed by atoms with Gasteiger partial charge >= 0.3 is 0 Å². The van der Waals surface area contributed by atoms with Gasteiger partial charge in [0.05, 0.1) is 42.6 Å². The summed E-state index contributed by atoms with van der Waals surface area (Å²) in [6.45, 7) is 0. The third kappa shape index (κ3) is 3.16. The molecule has 0 aliphatic carbocycles. The highest BCUT2D eigenvalue weighted by Gasteiger charge is 2.22. The minimum Gasteiger partial charge on any atom is -0.294 e. The van der Waals surface area contributed by atoms with Crippen molar-refractivity contribution in [1.29, 1.82) is 10.5 Å². The Morgan fingerprint density at radius 3 is 1.72 bits per heavy atom. The van der Waals surface area contributed by atoms with Crippen LogP contribution in [0.4, 0.5) is 0 Å². The number of nitrogens with zero attached hydrogens (tertiary/aromatic N) is 5. The normalized spacial score (nSPS) is 11.7. The van der Waals surface area contributed by atoms with Gasteiger partial charge in [-0.15, -0.1) is 11.3 Å². The van der Waals surface area contributed by atoms with Crippen molar-refractivity contribution in [3.63, 3.8) is 0 Å². The van der Waals surface area contributed by atoms with Crippen LogP contribution in [-0.4, -0.2) is 14.1 Å². The van der Waals surface area contributed by atoms with Crippen molar-refractivity contribution in [2.75, 3.05) is 0 Å². The molecule has 6 heteroatoms. The summed E-state index contributed by atoms with van der Waals surface area (Å²) >= 11 is 1.52. The highest BCUT2D eigenvalue weighted by Crippen LogP contribution is 2.44. The van der Waals surface area contributed by atoms with Crippen LogP contribution in [0.15, 0.2) is 115 Å². The zero-order chi connectivity index (χ0) is 28.7. The molecule has 0 amide bonds. The first-order valence-corrected chi connectivity index (χ1v) is 14.8. The zero-order valence-corrected chi connectivity index (χ0v) is 23.4. The number of para-hydroxylation sites is 3. The van der Waals surface area contributed by atoms with Crippen molar-refractivity contribution >= 4 is 75.1 Å². The second kappa shape index (κ2) is 8.77. The molecule has 0 radical (unpaired) electrons. The fourth-order valence-corrected chi connectivity index (χ4v) is 7.89. The summed E-state index contributed by atoms with van der Waals surface area (Å²) < 4.78 is 6.20. The van der Waals surface area contributed by atoms with E-state index in [4.69, 9.17) is 4.98 Å². The maximum Gasteiger partial charge on any atom is 0.140 e. The third-order valence-electron chi connectivity index (χ3n) is 8.41. The van der Waals surface area contributed by atoms with Crippen LogP contribution in [0.2, 0.25) is 0 Å². The van der Waals surface area contributed by atoms with E-state index in [-0.39, 0.29) is 0 Å². The van der Waals surface area contributed by atoms with Crippen LogP contribution in [0.3, 0.4) is 0 Å². The number of pyridine rings is 1. The Morgan fingerprint density at radius 2 is 1.07 bits per heavy atom. The number of hydrogen-bond donors (Lipinski definition) is 0. The molecule has 0 N–H and O–H groups in total. The molecule has 198 valence electrons. The number of rotatable bonds is 2. The lowest BCUT2D eigenvalue weighted by Gasteiger charge is -2.11. The molecule has 0 unspecified atom stereocenters. The molecule has 0 saturated carbocycles. The first-order chi connectivity index (χ1) is 21.3. The maximum absolute atomic E-state index is 10.6. The monoisotopic (exact) mass is 565 g/mol. The predicted molar refractivity (Wildman–Crippen MR) is 175 cm³/mol. The van der Waals surface area contributed by atoms with Gasteiger partial charge in [0.15, 0.2) is 0 Å². The molecular weight excluding hydrogens is 547 g/mol. The SMILES string of the molecule is N#Cc1cccc2c1sc1c(C#N)c3c4ccccc4n(-c4cccc(-n5c6ccccc6c6ccccc65)n4)c3cc12. The lowest BCUT2D eigenvalue weighted by Crippen LogP contribution is -2.03. The summed E-state index contributed by atoms with van der Waals surface area (Å²) in [6, 6.07) is 44.0. The van der Waals surface area contributed by atoms with E-state index in [0.29, 0.717) is 11.1 Å². The molecule has 9 aromatic rings. The van der Waals surface area contributed by atoms with Gasteiger partial charge in [-0.2, -0.15) is 10.5 Å². The van der Waals surface area contributed by atoms with Gasteiger partial charge < -0.3 is 0 Å². The molecule has 4 aromatic heterocycles. The summed E-state index contributed by atoms with van der Waals surface area (Å²) in [6.07, 6.45) is 0. The van der Waals surface area contributed by atoms with Crippen LogP contribution in [0.25, 0.3) is 75.4 Å². The molecule has 0 aliphatic rings. The first kappa shape index (κ1) is 23.7. The molecule has 43 heavy (non-hydrogen) atoms. The molecule has 0 spiro atoms. The molecule has 4 heterocycles. The second-order valence-electron chi connectivity index (χ2n) is 10.6. The Hall–Kier alpha value is -5.95. The zero-order valence-electron chi connectivity index (χ0n) is 22.6. The summed E-state index contributed by atoms with van der Waals surface area (Å²) in [4.78, 5) is 5.27. The first-order valence-electron chi connectivity index (χ1n) is 13.9. The van der Waals surface area contributed by atoms with Gasteiger partial charge in [-0.25, -0.2) is 4.98 Å². The minimum absolute atomic E-state index is 0.626. The predicted octanol–water partition coefficient (Wildman–Crippen LogP) is 9.39. The summed E-state index contributed by atoms with van der Waals surface area (Å²) in [5.41, 5.74) is 5.36. The molecule has 5 aromatic carbocycles. The van der Waals surface area contributed by atoms with Crippen molar-refractivity contribution in [3.8, 4) is 23.8 Å². The summed E-state index contributed by atoms with van der Waals surface area (Å²) in [5, 5.41) is 26.6. The van der Waals surface area contributed by atoms with E-state index >= 15 is 0 Å². The topological polar surface area (TPSA) is 70.3 Å². The highest BCUT2D eigenvalue weighted by atomic mass is 32.1. The largest absolute Gasteiger partial charge is 0.294 e. The van der Waals surface area contributed by atoms with E-state index in [1.54, 1.807) is 0 Å². The molecule has 0 saturated heterocycles. The van der Waals surface area contributed by atoms with Gasteiger partial charge in [0.25, 0.3) is 0 Å². The Morgan fingerprint density at radius 1 is 0.512 bits per heavy atom. The molecule has 0 aliphatic heterocycles. The fraction of sp³-hybridized carbons (Fsp3) is 0. The van der Waals surface area contributed by atoms with E-state index in [1.807, 2.05) is 48.5 Å². The van der Waals surface area contributed by atoms with E-state index in [1.165, 1.54) is 22.1 Å². The van der Waals surface area contributed by atoms with Gasteiger partial charge in [-0.05, 0) is 42.5 Å². The lowest BCUT2D eigenvalue weighted by atomic mass is 10.0. The van der Waals surface area contributed by atoms with Crippen LogP contribution < -0.4 is 0 Å². The minimum atomic E-state index is 0.626. The molecule has 0 bridgehead atoms. The van der Waals surface area contributed by atoms with Crippen molar-refractivity contribution in [1.82, 2.24) is 14.1 Å². The Balaban J connectivity index is 1.40. The number of thiophene rings is 1. The maximum atomic E-state index is 10.6. The Labute approximate surface area is 249 Å². The van der Waals surface area contributed by atoms with Crippen LogP contribution in [-0.2, 0) is 0 Å². The number of nitriles is 2. The average molecular weight is 566 g/mol. The van der Waals surface area contributed by atoms with E-state index < -0.39 is 0 Å². The molecule has 5 nitrogen and oxygen atoms in total. The van der Waals surface area contributed by atoms with E-state index in [9.17, 15) is 10.5 Å². The number of aromatic nitrogens is 3. The summed E-state index contributed by atoms with van der Waals surface area (Å²) in [7, 11) is 0. The van der Waals surface area contributed by atoms with Crippen molar-refractivity contribution < 1.29 is 0 Å². The van der Waals surface area contributed by atoms with E-state index in [0.717, 1.165) is 64.6 Å². The van der Waals surface area contributed by atoms with Gasteiger partial charge in [-0.3, -0.25) is 9.13 Å². The fourth-order valence-electron chi connectivity index (χ4n) is 6.65. The lowest BCUT2D eigenvalue weighted by molar-refractivity contribution is 1.01. The second-order valence-corrected chi connectivity index (χ2v) is 11.6. The number of hydrogen-bond acceptors (Lipinski definition) is 4. The number of fused-ring (bicyclic) bond motifs is 9. The molecule has 9 rings (SSSR count). The number of benzene rings is 5. The molecule has 0 fully saturated rings. The smallest absolute Gasteiger partial charge is 0.140 e. The summed E-state index contributed by atoms with van der Waals surface area (Å²) in [5.74, 6) is 1.59. The standard InChI is InChI=1S/C37H19N5S/c38-20-22-9-7-13-25-27-19-32-35(28(21-39)37(27)43-36(22)25)26-12-3-6-16-31(26)42(32)34-18-8-17-33(40-34)41-29-14-4-1-10-23(29)24-11-2-5-15-30(24)41/h1-19H. The average Bonchev–Trinajstić information content (AvgIpc) is 3.71. The van der Waals surface area contributed by atoms with Crippen LogP contribution in [0.1, 0.15) is 11.1 Å². The van der Waals surface area contributed by atoms with Gasteiger partial charge in [0.1, 0.15) is 23.8 Å². The van der Waals surface area contributed by atoms with Crippen LogP contribution >= 0.6 is 11.3 Å². The Bertz CT molecular complexity index is 2660. The quantitative estimate of drug-likeness (QED) is 0.210. The van der Waals surface area contributed by atoms with Gasteiger partial charge in [0.2, 0.25) is 0 Å². The third-order valence-corrected chi connectivity index (χ3v) is 9.69. The molecule has 0 atom stereocenters. The van der Waals surface area contributed by atoms with Crippen molar-refractivity contribution in [2.24, 2.45) is 0 Å². The van der Waals surface area contributed by atoms with Gasteiger partial charge in [-0.1, -0.05) is 72.8 Å². The van der Waals surface area contributed by atoms with Crippen LogP contribution in [0, 0.1) is 22.7 Å². The highest BCUT2D eigenvalue weighted by molar-refractivity contribution is 7.26. The molecular formula is C37H19N5S. The van der Waals surface area contributed by atoms with Crippen molar-refractivity contribution in [2.45, 2.75) is 0 Å². The van der Waals surface area contributed by atoms with E-state index in [2.05, 4.69) is 88.0 Å². The van der Waals surface area contributed by atoms with Gasteiger partial charge in [0, 0.05) is 32.3 Å². The van der Waals surface area contributed by atoms with Crippen LogP contribution in [0.5, 0.6) is 0 Å².